The molecule has 0 spiro atoms. The van der Waals surface area contributed by atoms with Crippen LogP contribution in [0, 0.1) is 0 Å². The zero-order valence-electron chi connectivity index (χ0n) is 13.2. The zero-order chi connectivity index (χ0) is 15.9. The zero-order valence-corrected chi connectivity index (χ0v) is 15.2. The van der Waals surface area contributed by atoms with Gasteiger partial charge in [0.05, 0.1) is 22.8 Å². The quantitative estimate of drug-likeness (QED) is 0.368. The van der Waals surface area contributed by atoms with Crippen molar-refractivity contribution in [2.75, 3.05) is 0 Å². The van der Waals surface area contributed by atoms with Crippen LogP contribution < -0.4 is 0 Å². The van der Waals surface area contributed by atoms with E-state index in [0.29, 0.717) is 0 Å². The third-order valence-corrected chi connectivity index (χ3v) is 4.04. The Kier molecular flexibility index (Phi) is 3.98. The van der Waals surface area contributed by atoms with Crippen molar-refractivity contribution in [1.82, 2.24) is 19.9 Å². The van der Waals surface area contributed by atoms with Gasteiger partial charge >= 0.3 is 21.1 Å². The normalized spacial score (nSPS) is 12.2. The first-order valence-corrected chi connectivity index (χ1v) is 7.85. The molecule has 8 bridgehead atoms. The Morgan fingerprint density at radius 2 is 0.760 bits per heavy atom. The molecule has 3 aromatic heterocycles. The number of aromatic amines is 2. The van der Waals surface area contributed by atoms with Crippen molar-refractivity contribution < 1.29 is 21.1 Å². The molecule has 5 heteroatoms. The Bertz CT molecular complexity index is 990. The standard InChI is InChI=1S/C20H14N4.Mo/c1-2-14-10-16-5-6-18(23-16)12-20-8-7-19(24-20)11-17-4-3-15(22-17)9-13(1)21-14;/h1-12,21,24H;/q;+6. The number of fused-ring (bicyclic) bond motifs is 8. The molecule has 0 saturated heterocycles. The van der Waals surface area contributed by atoms with E-state index in [2.05, 4.69) is 44.2 Å². The summed E-state index contributed by atoms with van der Waals surface area (Å²) in [5.41, 5.74) is 7.86. The van der Waals surface area contributed by atoms with Crippen molar-refractivity contribution >= 4 is 46.4 Å². The van der Waals surface area contributed by atoms with E-state index in [9.17, 15) is 0 Å². The molecule has 3 aromatic rings. The maximum atomic E-state index is 4.63. The molecular formula is C20H14MoN4+6. The smallest absolute Gasteiger partial charge is 0.355 e. The Hall–Kier alpha value is -2.71. The molecule has 5 heterocycles. The minimum absolute atomic E-state index is 0. The molecule has 2 aliphatic heterocycles. The molecule has 0 saturated carbocycles. The molecule has 0 unspecified atom stereocenters. The van der Waals surface area contributed by atoms with Crippen molar-refractivity contribution in [3.63, 3.8) is 0 Å². The summed E-state index contributed by atoms with van der Waals surface area (Å²) in [5.74, 6) is 0. The van der Waals surface area contributed by atoms with E-state index in [1.165, 1.54) is 0 Å². The SMILES string of the molecule is C1=Cc2cc3ccc(cc4nc(cc5ccc(cc1n2)[nH]5)C=C4)[nH]3.[Mo+6]. The summed E-state index contributed by atoms with van der Waals surface area (Å²) in [6, 6.07) is 16.4. The summed E-state index contributed by atoms with van der Waals surface area (Å²) in [6.45, 7) is 0. The van der Waals surface area contributed by atoms with Gasteiger partial charge in [-0.25, -0.2) is 9.97 Å². The monoisotopic (exact) mass is 408 g/mol. The molecule has 0 aromatic carbocycles. The summed E-state index contributed by atoms with van der Waals surface area (Å²) in [7, 11) is 0. The van der Waals surface area contributed by atoms with Crippen LogP contribution in [0.15, 0.2) is 48.5 Å². The minimum atomic E-state index is 0. The Morgan fingerprint density at radius 3 is 1.04 bits per heavy atom. The molecule has 114 valence electrons. The van der Waals surface area contributed by atoms with Crippen LogP contribution in [0.5, 0.6) is 0 Å². The van der Waals surface area contributed by atoms with Crippen LogP contribution in [0.4, 0.5) is 0 Å². The molecule has 0 atom stereocenters. The van der Waals surface area contributed by atoms with E-state index in [1.54, 1.807) is 0 Å². The number of nitrogens with zero attached hydrogens (tertiary/aromatic N) is 2. The first-order chi connectivity index (χ1) is 11.8. The number of rotatable bonds is 0. The van der Waals surface area contributed by atoms with Gasteiger partial charge in [-0.3, -0.25) is 0 Å². The summed E-state index contributed by atoms with van der Waals surface area (Å²) in [4.78, 5) is 16.0. The molecule has 2 aliphatic rings. The van der Waals surface area contributed by atoms with Gasteiger partial charge in [-0.05, 0) is 72.8 Å². The molecule has 4 nitrogen and oxygen atoms in total. The van der Waals surface area contributed by atoms with Crippen LogP contribution >= 0.6 is 0 Å². The van der Waals surface area contributed by atoms with Gasteiger partial charge in [0, 0.05) is 22.1 Å². The Morgan fingerprint density at radius 1 is 0.480 bits per heavy atom. The van der Waals surface area contributed by atoms with Gasteiger partial charge in [0.15, 0.2) is 0 Å². The largest absolute Gasteiger partial charge is 6.00 e. The van der Waals surface area contributed by atoms with Crippen LogP contribution in [-0.2, 0) is 21.1 Å². The van der Waals surface area contributed by atoms with E-state index >= 15 is 0 Å². The average molecular weight is 406 g/mol. The van der Waals surface area contributed by atoms with Gasteiger partial charge in [-0.2, -0.15) is 0 Å². The summed E-state index contributed by atoms with van der Waals surface area (Å²) in [5, 5.41) is 0. The van der Waals surface area contributed by atoms with Gasteiger partial charge < -0.3 is 9.97 Å². The van der Waals surface area contributed by atoms with E-state index < -0.39 is 0 Å². The molecule has 0 aliphatic carbocycles. The van der Waals surface area contributed by atoms with E-state index in [4.69, 9.17) is 0 Å². The molecule has 25 heavy (non-hydrogen) atoms. The first kappa shape index (κ1) is 15.8. The number of H-pyrrole nitrogens is 2. The second kappa shape index (κ2) is 6.30. The topological polar surface area (TPSA) is 57.4 Å². The van der Waals surface area contributed by atoms with Gasteiger partial charge in [0.2, 0.25) is 0 Å². The molecule has 2 N–H and O–H groups in total. The maximum absolute atomic E-state index is 4.63. The van der Waals surface area contributed by atoms with Gasteiger partial charge in [0.1, 0.15) is 0 Å². The number of hydrogen-bond donors (Lipinski definition) is 2. The predicted octanol–water partition coefficient (Wildman–Crippen LogP) is 4.65. The predicted molar refractivity (Wildman–Crippen MR) is 98.9 cm³/mol. The molecule has 0 radical (unpaired) electrons. The van der Waals surface area contributed by atoms with Gasteiger partial charge in [0.25, 0.3) is 0 Å². The molecule has 0 fully saturated rings. The van der Waals surface area contributed by atoms with Crippen molar-refractivity contribution in [3.8, 4) is 0 Å². The second-order valence-corrected chi connectivity index (χ2v) is 5.91. The molecular weight excluding hydrogens is 392 g/mol. The first-order valence-electron chi connectivity index (χ1n) is 7.85. The third kappa shape index (κ3) is 3.26. The van der Waals surface area contributed by atoms with Crippen molar-refractivity contribution in [2.24, 2.45) is 0 Å². The fourth-order valence-corrected chi connectivity index (χ4v) is 2.94. The van der Waals surface area contributed by atoms with E-state index in [0.717, 1.165) is 44.8 Å². The molecule has 0 amide bonds. The van der Waals surface area contributed by atoms with Gasteiger partial charge in [-0.15, -0.1) is 0 Å². The van der Waals surface area contributed by atoms with Crippen LogP contribution in [0.2, 0.25) is 0 Å². The average Bonchev–Trinajstić information content (AvgIpc) is 3.32. The molecule has 5 rings (SSSR count). The Balaban J connectivity index is 0.00000157. The minimum Gasteiger partial charge on any atom is -0.355 e. The summed E-state index contributed by atoms with van der Waals surface area (Å²) < 4.78 is 0. The van der Waals surface area contributed by atoms with Crippen molar-refractivity contribution in [3.05, 3.63) is 71.3 Å². The summed E-state index contributed by atoms with van der Waals surface area (Å²) in [6.07, 6.45) is 8.09. The summed E-state index contributed by atoms with van der Waals surface area (Å²) >= 11 is 0. The van der Waals surface area contributed by atoms with Crippen LogP contribution in [0.3, 0.4) is 0 Å². The van der Waals surface area contributed by atoms with Crippen LogP contribution in [0.1, 0.15) is 22.8 Å². The fourth-order valence-electron chi connectivity index (χ4n) is 2.94. The Labute approximate surface area is 158 Å². The van der Waals surface area contributed by atoms with Gasteiger partial charge in [-0.1, -0.05) is 0 Å². The number of nitrogens with one attached hydrogen (secondary N) is 2. The fraction of sp³-hybridized carbons (Fsp3) is 0. The van der Waals surface area contributed by atoms with E-state index in [1.807, 2.05) is 48.6 Å². The van der Waals surface area contributed by atoms with Crippen LogP contribution in [-0.4, -0.2) is 19.9 Å². The van der Waals surface area contributed by atoms with E-state index in [-0.39, 0.29) is 21.1 Å². The third-order valence-electron chi connectivity index (χ3n) is 4.04. The van der Waals surface area contributed by atoms with Crippen LogP contribution in [0.25, 0.3) is 46.4 Å². The number of hydrogen-bond acceptors (Lipinski definition) is 2. The number of aromatic nitrogens is 4. The maximum Gasteiger partial charge on any atom is 6.00 e. The van der Waals surface area contributed by atoms with Crippen molar-refractivity contribution in [2.45, 2.75) is 0 Å². The second-order valence-electron chi connectivity index (χ2n) is 5.91. The van der Waals surface area contributed by atoms with Crippen molar-refractivity contribution in [1.29, 1.82) is 0 Å².